The average molecular weight is 169 g/mol. The van der Waals surface area contributed by atoms with Crippen molar-refractivity contribution >= 4 is 11.8 Å². The molecule has 0 spiro atoms. The largest absolute Gasteiger partial charge is 0.369 e. The average Bonchev–Trinajstić information content (AvgIpc) is 2.05. The minimum absolute atomic E-state index is 0.143. The molecule has 67 valence electrons. The maximum absolute atomic E-state index is 11.2. The Morgan fingerprint density at radius 1 is 1.33 bits per heavy atom. The van der Waals surface area contributed by atoms with Gasteiger partial charge in [-0.25, -0.2) is 0 Å². The van der Waals surface area contributed by atoms with Crippen LogP contribution in [0, 0.1) is 6.42 Å². The summed E-state index contributed by atoms with van der Waals surface area (Å²) in [4.78, 5) is 23.3. The van der Waals surface area contributed by atoms with Crippen molar-refractivity contribution < 1.29 is 9.59 Å². The number of nitrogens with zero attached hydrogens (tertiary/aromatic N) is 1. The molecule has 12 heavy (non-hydrogen) atoms. The van der Waals surface area contributed by atoms with E-state index in [2.05, 4.69) is 6.42 Å². The van der Waals surface area contributed by atoms with Crippen molar-refractivity contribution in [3.8, 4) is 0 Å². The van der Waals surface area contributed by atoms with Crippen molar-refractivity contribution in [3.05, 3.63) is 6.42 Å². The van der Waals surface area contributed by atoms with Gasteiger partial charge in [0.05, 0.1) is 0 Å². The lowest BCUT2D eigenvalue weighted by atomic mass is 10.1. The maximum atomic E-state index is 11.2. The fourth-order valence-corrected chi connectivity index (χ4v) is 1.26. The van der Waals surface area contributed by atoms with Gasteiger partial charge in [-0.2, -0.15) is 0 Å². The molecule has 0 aromatic carbocycles. The predicted octanol–water partition coefficient (Wildman–Crippen LogP) is -0.312. The van der Waals surface area contributed by atoms with Gasteiger partial charge in [0.1, 0.15) is 6.42 Å². The highest BCUT2D eigenvalue weighted by Gasteiger charge is 2.17. The minimum Gasteiger partial charge on any atom is -0.369 e. The summed E-state index contributed by atoms with van der Waals surface area (Å²) in [6.07, 6.45) is 3.84. The third-order valence-electron chi connectivity index (χ3n) is 1.88. The number of rotatable bonds is 2. The molecule has 1 aliphatic rings. The van der Waals surface area contributed by atoms with Gasteiger partial charge in [-0.05, 0) is 19.3 Å². The van der Waals surface area contributed by atoms with Crippen LogP contribution in [-0.4, -0.2) is 29.8 Å². The molecule has 4 heteroatoms. The van der Waals surface area contributed by atoms with Crippen molar-refractivity contribution in [2.45, 2.75) is 19.3 Å². The smallest absolute Gasteiger partial charge is 0.231 e. The van der Waals surface area contributed by atoms with Crippen molar-refractivity contribution in [2.24, 2.45) is 5.73 Å². The number of hydrogen-bond acceptors (Lipinski definition) is 2. The SMILES string of the molecule is NC(=O)CC(=O)N1CC[CH]CC1. The topological polar surface area (TPSA) is 63.4 Å². The summed E-state index contributed by atoms with van der Waals surface area (Å²) in [6.45, 7) is 1.46. The molecule has 4 nitrogen and oxygen atoms in total. The molecule has 0 saturated carbocycles. The zero-order valence-corrected chi connectivity index (χ0v) is 6.95. The second-order valence-electron chi connectivity index (χ2n) is 2.89. The van der Waals surface area contributed by atoms with Gasteiger partial charge in [-0.3, -0.25) is 9.59 Å². The molecule has 1 heterocycles. The molecule has 1 fully saturated rings. The molecule has 2 N–H and O–H groups in total. The van der Waals surface area contributed by atoms with E-state index < -0.39 is 5.91 Å². The number of amides is 2. The van der Waals surface area contributed by atoms with Crippen molar-refractivity contribution in [1.29, 1.82) is 0 Å². The van der Waals surface area contributed by atoms with E-state index in [9.17, 15) is 9.59 Å². The maximum Gasteiger partial charge on any atom is 0.231 e. The van der Waals surface area contributed by atoms with Crippen LogP contribution in [-0.2, 0) is 9.59 Å². The second kappa shape index (κ2) is 4.09. The first-order valence-corrected chi connectivity index (χ1v) is 4.08. The van der Waals surface area contributed by atoms with Crippen molar-refractivity contribution in [1.82, 2.24) is 4.90 Å². The molecule has 2 amide bonds. The predicted molar refractivity (Wildman–Crippen MR) is 43.9 cm³/mol. The Labute approximate surface area is 71.7 Å². The van der Waals surface area contributed by atoms with Crippen LogP contribution in [0.25, 0.3) is 0 Å². The summed E-state index contributed by atoms with van der Waals surface area (Å²) in [5.41, 5.74) is 4.91. The molecule has 0 aliphatic carbocycles. The van der Waals surface area contributed by atoms with Gasteiger partial charge in [0.2, 0.25) is 11.8 Å². The third kappa shape index (κ3) is 2.53. The second-order valence-corrected chi connectivity index (χ2v) is 2.89. The van der Waals surface area contributed by atoms with Gasteiger partial charge >= 0.3 is 0 Å². The summed E-state index contributed by atoms with van der Waals surface area (Å²) in [7, 11) is 0. The zero-order valence-electron chi connectivity index (χ0n) is 6.95. The van der Waals surface area contributed by atoms with E-state index >= 15 is 0 Å². The highest BCUT2D eigenvalue weighted by molar-refractivity contribution is 5.96. The molecule has 0 aromatic heterocycles. The normalized spacial score (nSPS) is 17.5. The zero-order chi connectivity index (χ0) is 8.97. The lowest BCUT2D eigenvalue weighted by molar-refractivity contribution is -0.135. The first kappa shape index (κ1) is 9.03. The first-order valence-electron chi connectivity index (χ1n) is 4.08. The Morgan fingerprint density at radius 2 is 1.92 bits per heavy atom. The van der Waals surface area contributed by atoms with Crippen LogP contribution < -0.4 is 5.73 Å². The van der Waals surface area contributed by atoms with Crippen molar-refractivity contribution in [3.63, 3.8) is 0 Å². The molecule has 1 saturated heterocycles. The van der Waals surface area contributed by atoms with Crippen LogP contribution in [0.15, 0.2) is 0 Å². The summed E-state index contributed by atoms with van der Waals surface area (Å²) >= 11 is 0. The van der Waals surface area contributed by atoms with Crippen LogP contribution >= 0.6 is 0 Å². The van der Waals surface area contributed by atoms with E-state index in [0.717, 1.165) is 25.9 Å². The molecular weight excluding hydrogens is 156 g/mol. The fraction of sp³-hybridized carbons (Fsp3) is 0.625. The van der Waals surface area contributed by atoms with E-state index in [0.29, 0.717) is 0 Å². The summed E-state index contributed by atoms with van der Waals surface area (Å²) in [5.74, 6) is -0.690. The molecule has 1 aliphatic heterocycles. The highest BCUT2D eigenvalue weighted by atomic mass is 16.2. The van der Waals surface area contributed by atoms with E-state index in [1.54, 1.807) is 4.90 Å². The number of piperidine rings is 1. The number of likely N-dealkylation sites (tertiary alicyclic amines) is 1. The van der Waals surface area contributed by atoms with Gasteiger partial charge < -0.3 is 10.6 Å². The molecule has 0 atom stereocenters. The first-order chi connectivity index (χ1) is 5.70. The Bertz CT molecular complexity index is 185. The van der Waals surface area contributed by atoms with Crippen LogP contribution in [0.4, 0.5) is 0 Å². The Kier molecular flexibility index (Phi) is 3.08. The van der Waals surface area contributed by atoms with Gasteiger partial charge in [-0.15, -0.1) is 0 Å². The molecule has 1 radical (unpaired) electrons. The minimum atomic E-state index is -0.547. The number of nitrogens with two attached hydrogens (primary N) is 1. The van der Waals surface area contributed by atoms with Gasteiger partial charge in [0.15, 0.2) is 0 Å². The Morgan fingerprint density at radius 3 is 2.42 bits per heavy atom. The number of primary amides is 1. The fourth-order valence-electron chi connectivity index (χ4n) is 1.26. The van der Waals surface area contributed by atoms with Crippen LogP contribution in [0.3, 0.4) is 0 Å². The summed E-state index contributed by atoms with van der Waals surface area (Å²) in [5, 5.41) is 0. The van der Waals surface area contributed by atoms with Crippen LogP contribution in [0.1, 0.15) is 19.3 Å². The lowest BCUT2D eigenvalue weighted by Gasteiger charge is -2.25. The summed E-state index contributed by atoms with van der Waals surface area (Å²) in [6, 6.07) is 0. The molecular formula is C8H13N2O2. The van der Waals surface area contributed by atoms with E-state index in [1.165, 1.54) is 0 Å². The molecule has 0 bridgehead atoms. The monoisotopic (exact) mass is 169 g/mol. The van der Waals surface area contributed by atoms with Gasteiger partial charge in [-0.1, -0.05) is 0 Å². The Balaban J connectivity index is 2.34. The molecule has 1 rings (SSSR count). The van der Waals surface area contributed by atoms with Crippen LogP contribution in [0.5, 0.6) is 0 Å². The summed E-state index contributed by atoms with van der Waals surface area (Å²) < 4.78 is 0. The number of hydrogen-bond donors (Lipinski definition) is 1. The molecule has 0 unspecified atom stereocenters. The van der Waals surface area contributed by atoms with Crippen molar-refractivity contribution in [2.75, 3.05) is 13.1 Å². The lowest BCUT2D eigenvalue weighted by Crippen LogP contribution is -2.37. The van der Waals surface area contributed by atoms with E-state index in [-0.39, 0.29) is 12.3 Å². The molecule has 0 aromatic rings. The van der Waals surface area contributed by atoms with Gasteiger partial charge in [0, 0.05) is 13.1 Å². The number of carbonyl (C=O) groups is 2. The highest BCUT2D eigenvalue weighted by Crippen LogP contribution is 2.08. The standard InChI is InChI=1S/C8H13N2O2/c9-7(11)6-8(12)10-4-2-1-3-5-10/h1H,2-6H2,(H2,9,11). The Hall–Kier alpha value is -1.06. The number of carbonyl (C=O) groups excluding carboxylic acids is 2. The van der Waals surface area contributed by atoms with Gasteiger partial charge in [0.25, 0.3) is 0 Å². The van der Waals surface area contributed by atoms with E-state index in [4.69, 9.17) is 5.73 Å². The third-order valence-corrected chi connectivity index (χ3v) is 1.88. The van der Waals surface area contributed by atoms with E-state index in [1.807, 2.05) is 0 Å². The van der Waals surface area contributed by atoms with Crippen LogP contribution in [0.2, 0.25) is 0 Å². The quantitative estimate of drug-likeness (QED) is 0.576.